The standard InChI is InChI=1S/C32H48Cl2N4O7/c1-20-6-9-26-21(2)28(42-30-32(26)25(20)10-11-31(3,43-30)44-45-32)5-4-14-36-29(39)27(35)18-23-17-24(38(40)41)8-7-22(23)19-37(15-12-33)16-13-34/h7-8,17,20-21,25-28,30H,4-6,9-16,18-19,35H2,1-3H3,(H,36,39)/t20-,21-,25?,26+,27+,28-,30-,31?,32?/m1/s1. The fourth-order valence-corrected chi connectivity index (χ4v) is 8.58. The Morgan fingerprint density at radius 2 is 1.91 bits per heavy atom. The number of non-ortho nitro benzene ring substituents is 1. The Morgan fingerprint density at radius 3 is 2.62 bits per heavy atom. The number of carbonyl (C=O) groups is 1. The molecule has 1 aromatic carbocycles. The van der Waals surface area contributed by atoms with E-state index in [2.05, 4.69) is 24.1 Å². The molecule has 1 amide bonds. The first kappa shape index (κ1) is 34.8. The number of fused-ring (bicyclic) bond motifs is 2. The molecule has 1 aromatic rings. The SMILES string of the molecule is C[C@H]1[C@@H](CCCNC(=O)[C@@H](N)Cc2cc([N+](=O)[O-])ccc2CN(CCCl)CCCl)O[C@@H]2OC3(C)CCC4[C@H](C)CC[C@@H]1C42OO3. The molecule has 3 N–H and O–H groups in total. The van der Waals surface area contributed by atoms with Gasteiger partial charge in [0.15, 0.2) is 11.9 Å². The van der Waals surface area contributed by atoms with Crippen LogP contribution in [0.3, 0.4) is 0 Å². The Bertz CT molecular complexity index is 1210. The maximum Gasteiger partial charge on any atom is 0.269 e. The van der Waals surface area contributed by atoms with Crippen molar-refractivity contribution in [3.8, 4) is 0 Å². The summed E-state index contributed by atoms with van der Waals surface area (Å²) in [5, 5.41) is 14.4. The predicted molar refractivity (Wildman–Crippen MR) is 171 cm³/mol. The van der Waals surface area contributed by atoms with Crippen LogP contribution in [0.25, 0.3) is 0 Å². The zero-order valence-electron chi connectivity index (χ0n) is 26.6. The fourth-order valence-electron chi connectivity index (χ4n) is 8.10. The molecule has 5 aliphatic rings. The van der Waals surface area contributed by atoms with E-state index in [1.165, 1.54) is 12.1 Å². The van der Waals surface area contributed by atoms with Gasteiger partial charge in [-0.15, -0.1) is 23.2 Å². The van der Waals surface area contributed by atoms with Crippen molar-refractivity contribution in [3.63, 3.8) is 0 Å². The molecule has 4 heterocycles. The van der Waals surface area contributed by atoms with Crippen molar-refractivity contribution in [2.24, 2.45) is 29.4 Å². The molecule has 13 heteroatoms. The van der Waals surface area contributed by atoms with Crippen molar-refractivity contribution < 1.29 is 29.0 Å². The summed E-state index contributed by atoms with van der Waals surface area (Å²) in [7, 11) is 0. The Kier molecular flexibility index (Phi) is 11.3. The summed E-state index contributed by atoms with van der Waals surface area (Å²) >= 11 is 11.9. The zero-order chi connectivity index (χ0) is 32.4. The second-order valence-corrected chi connectivity index (χ2v) is 14.3. The van der Waals surface area contributed by atoms with E-state index in [1.807, 2.05) is 6.92 Å². The predicted octanol–water partition coefficient (Wildman–Crippen LogP) is 4.89. The molecule has 1 saturated carbocycles. The highest BCUT2D eigenvalue weighted by Gasteiger charge is 2.69. The third-order valence-electron chi connectivity index (χ3n) is 10.6. The molecule has 6 rings (SSSR count). The van der Waals surface area contributed by atoms with E-state index >= 15 is 0 Å². The largest absolute Gasteiger partial charge is 0.355 e. The summed E-state index contributed by atoms with van der Waals surface area (Å²) in [6.07, 6.45) is 5.09. The van der Waals surface area contributed by atoms with Gasteiger partial charge in [0.1, 0.15) is 0 Å². The van der Waals surface area contributed by atoms with Crippen LogP contribution in [0.1, 0.15) is 70.4 Å². The number of nitro benzene ring substituents is 1. The van der Waals surface area contributed by atoms with Gasteiger partial charge in [-0.2, -0.15) is 0 Å². The summed E-state index contributed by atoms with van der Waals surface area (Å²) in [4.78, 5) is 38.3. The fraction of sp³-hybridized carbons (Fsp3) is 0.781. The molecule has 5 fully saturated rings. The van der Waals surface area contributed by atoms with Gasteiger partial charge in [-0.25, -0.2) is 9.78 Å². The number of amides is 1. The van der Waals surface area contributed by atoms with Gasteiger partial charge in [-0.05, 0) is 74.3 Å². The van der Waals surface area contributed by atoms with Crippen molar-refractivity contribution in [1.82, 2.24) is 10.2 Å². The third-order valence-corrected chi connectivity index (χ3v) is 11.0. The van der Waals surface area contributed by atoms with E-state index in [4.69, 9.17) is 48.2 Å². The van der Waals surface area contributed by atoms with Crippen molar-refractivity contribution >= 4 is 34.8 Å². The van der Waals surface area contributed by atoms with Crippen molar-refractivity contribution in [2.45, 2.75) is 102 Å². The molecule has 0 aromatic heterocycles. The molecule has 1 spiro atoms. The summed E-state index contributed by atoms with van der Waals surface area (Å²) in [6, 6.07) is 3.84. The van der Waals surface area contributed by atoms with Crippen molar-refractivity contribution in [1.29, 1.82) is 0 Å². The first-order valence-electron chi connectivity index (χ1n) is 16.3. The minimum Gasteiger partial charge on any atom is -0.355 e. The number of nitrogens with zero attached hydrogens (tertiary/aromatic N) is 2. The van der Waals surface area contributed by atoms with Gasteiger partial charge in [0.25, 0.3) is 5.69 Å². The van der Waals surface area contributed by atoms with Crippen LogP contribution in [-0.2, 0) is 37.0 Å². The van der Waals surface area contributed by atoms with E-state index < -0.39 is 28.6 Å². The van der Waals surface area contributed by atoms with Gasteiger partial charge >= 0.3 is 0 Å². The van der Waals surface area contributed by atoms with Crippen LogP contribution in [0.5, 0.6) is 0 Å². The number of ether oxygens (including phenoxy) is 2. The highest BCUT2D eigenvalue weighted by atomic mass is 35.5. The third kappa shape index (κ3) is 7.31. The summed E-state index contributed by atoms with van der Waals surface area (Å²) in [5.74, 6) is 1.11. The van der Waals surface area contributed by atoms with E-state index in [0.29, 0.717) is 61.8 Å². The monoisotopic (exact) mass is 670 g/mol. The second-order valence-electron chi connectivity index (χ2n) is 13.6. The summed E-state index contributed by atoms with van der Waals surface area (Å²) in [5.41, 5.74) is 7.24. The van der Waals surface area contributed by atoms with E-state index in [-0.39, 0.29) is 36.0 Å². The lowest BCUT2D eigenvalue weighted by Crippen LogP contribution is -2.70. The average Bonchev–Trinajstić information content (AvgIpc) is 3.24. The molecule has 3 unspecified atom stereocenters. The smallest absolute Gasteiger partial charge is 0.269 e. The number of nitrogens with one attached hydrogen (secondary N) is 1. The minimum atomic E-state index is -0.862. The van der Waals surface area contributed by atoms with Gasteiger partial charge in [0.2, 0.25) is 11.7 Å². The van der Waals surface area contributed by atoms with Crippen LogP contribution in [-0.4, -0.2) is 76.9 Å². The maximum absolute atomic E-state index is 13.0. The number of benzene rings is 1. The molecular weight excluding hydrogens is 623 g/mol. The Labute approximate surface area is 275 Å². The molecule has 1 aliphatic carbocycles. The molecule has 252 valence electrons. The van der Waals surface area contributed by atoms with Gasteiger partial charge in [0.05, 0.1) is 17.1 Å². The molecule has 9 atom stereocenters. The zero-order valence-corrected chi connectivity index (χ0v) is 28.1. The molecule has 2 bridgehead atoms. The van der Waals surface area contributed by atoms with Crippen LogP contribution in [0.15, 0.2) is 18.2 Å². The van der Waals surface area contributed by atoms with E-state index in [9.17, 15) is 14.9 Å². The second kappa shape index (κ2) is 14.7. The lowest BCUT2D eigenvalue weighted by molar-refractivity contribution is -0.571. The molecule has 4 saturated heterocycles. The number of nitrogens with two attached hydrogens (primary N) is 1. The Balaban J connectivity index is 1.17. The minimum absolute atomic E-state index is 0.0341. The number of alkyl halides is 2. The van der Waals surface area contributed by atoms with Crippen molar-refractivity contribution in [2.75, 3.05) is 31.4 Å². The van der Waals surface area contributed by atoms with Crippen LogP contribution < -0.4 is 11.1 Å². The number of rotatable bonds is 14. The van der Waals surface area contributed by atoms with E-state index in [1.54, 1.807) is 6.07 Å². The number of hydrogen-bond acceptors (Lipinski definition) is 9. The lowest BCUT2D eigenvalue weighted by Gasteiger charge is -2.60. The Hall–Kier alpha value is -1.57. The molecule has 45 heavy (non-hydrogen) atoms. The molecular formula is C32H48Cl2N4O7. The number of carbonyl (C=O) groups excluding carboxylic acids is 1. The summed E-state index contributed by atoms with van der Waals surface area (Å²) in [6.45, 7) is 8.66. The van der Waals surface area contributed by atoms with E-state index in [0.717, 1.165) is 37.7 Å². The number of hydrogen-bond donors (Lipinski definition) is 2. The quantitative estimate of drug-likeness (QED) is 0.0931. The van der Waals surface area contributed by atoms with Crippen LogP contribution in [0.4, 0.5) is 5.69 Å². The first-order valence-corrected chi connectivity index (χ1v) is 17.4. The highest BCUT2D eigenvalue weighted by Crippen LogP contribution is 2.60. The Morgan fingerprint density at radius 1 is 1.16 bits per heavy atom. The molecule has 11 nitrogen and oxygen atoms in total. The average molecular weight is 672 g/mol. The highest BCUT2D eigenvalue weighted by molar-refractivity contribution is 6.18. The molecule has 0 radical (unpaired) electrons. The van der Waals surface area contributed by atoms with Crippen molar-refractivity contribution in [3.05, 3.63) is 39.4 Å². The van der Waals surface area contributed by atoms with Crippen LogP contribution >= 0.6 is 23.2 Å². The van der Waals surface area contributed by atoms with Gasteiger partial charge in [-0.1, -0.05) is 19.9 Å². The normalized spacial score (nSPS) is 34.6. The summed E-state index contributed by atoms with van der Waals surface area (Å²) < 4.78 is 13.1. The van der Waals surface area contributed by atoms with Crippen LogP contribution in [0, 0.1) is 33.8 Å². The van der Waals surface area contributed by atoms with Crippen LogP contribution in [0.2, 0.25) is 0 Å². The molecule has 4 aliphatic heterocycles. The first-order chi connectivity index (χ1) is 21.5. The topological polar surface area (TPSA) is 138 Å². The van der Waals surface area contributed by atoms with Gasteiger partial charge < -0.3 is 20.5 Å². The number of nitro groups is 1. The van der Waals surface area contributed by atoms with Gasteiger partial charge in [0, 0.05) is 62.4 Å². The number of halogens is 2. The van der Waals surface area contributed by atoms with Gasteiger partial charge in [-0.3, -0.25) is 19.8 Å². The lowest BCUT2D eigenvalue weighted by atomic mass is 9.57. The maximum atomic E-state index is 13.0.